The lowest BCUT2D eigenvalue weighted by Crippen LogP contribution is -2.38. The first-order chi connectivity index (χ1) is 10.1. The van der Waals surface area contributed by atoms with E-state index in [0.29, 0.717) is 12.4 Å². The summed E-state index contributed by atoms with van der Waals surface area (Å²) in [5, 5.41) is 5.96. The second-order valence-electron chi connectivity index (χ2n) is 5.71. The van der Waals surface area contributed by atoms with Gasteiger partial charge in [-0.15, -0.1) is 11.3 Å². The van der Waals surface area contributed by atoms with Gasteiger partial charge in [0.05, 0.1) is 10.8 Å². The number of carbonyl (C=O) groups excluding carboxylic acids is 1. The molecule has 1 saturated heterocycles. The van der Waals surface area contributed by atoms with Gasteiger partial charge in [-0.05, 0) is 24.3 Å². The van der Waals surface area contributed by atoms with Gasteiger partial charge >= 0.3 is 0 Å². The Morgan fingerprint density at radius 1 is 1.52 bits per heavy atom. The van der Waals surface area contributed by atoms with Crippen LogP contribution in [0.25, 0.3) is 0 Å². The number of carbonyl (C=O) groups is 1. The van der Waals surface area contributed by atoms with E-state index in [2.05, 4.69) is 10.1 Å². The molecule has 2 aromatic heterocycles. The van der Waals surface area contributed by atoms with Gasteiger partial charge in [0.2, 0.25) is 5.89 Å². The SMILES string of the molecule is CC(C)c1noc([C@H]2CCCN(C(=O)c3cccs3)C2)n1. The van der Waals surface area contributed by atoms with Gasteiger partial charge in [0.15, 0.2) is 5.82 Å². The number of hydrogen-bond acceptors (Lipinski definition) is 5. The van der Waals surface area contributed by atoms with E-state index >= 15 is 0 Å². The molecule has 1 amide bonds. The minimum Gasteiger partial charge on any atom is -0.339 e. The number of amides is 1. The summed E-state index contributed by atoms with van der Waals surface area (Å²) in [6.07, 6.45) is 1.97. The summed E-state index contributed by atoms with van der Waals surface area (Å²) < 4.78 is 5.39. The van der Waals surface area contributed by atoms with Crippen molar-refractivity contribution in [1.29, 1.82) is 0 Å². The van der Waals surface area contributed by atoms with Gasteiger partial charge in [0.1, 0.15) is 0 Å². The fourth-order valence-corrected chi connectivity index (χ4v) is 3.26. The van der Waals surface area contributed by atoms with Gasteiger partial charge in [0, 0.05) is 19.0 Å². The van der Waals surface area contributed by atoms with Gasteiger partial charge in [-0.2, -0.15) is 4.98 Å². The standard InChI is InChI=1S/C15H19N3O2S/c1-10(2)13-16-14(20-17-13)11-5-3-7-18(9-11)15(19)12-6-4-8-21-12/h4,6,8,10-11H,3,5,7,9H2,1-2H3/t11-/m0/s1. The minimum atomic E-state index is 0.110. The zero-order valence-electron chi connectivity index (χ0n) is 12.3. The maximum Gasteiger partial charge on any atom is 0.263 e. The highest BCUT2D eigenvalue weighted by Gasteiger charge is 2.29. The molecule has 6 heteroatoms. The summed E-state index contributed by atoms with van der Waals surface area (Å²) >= 11 is 1.49. The molecule has 0 radical (unpaired) electrons. The number of piperidine rings is 1. The summed E-state index contributed by atoms with van der Waals surface area (Å²) in [7, 11) is 0. The molecule has 1 aliphatic heterocycles. The van der Waals surface area contributed by atoms with Crippen LogP contribution in [0, 0.1) is 0 Å². The first kappa shape index (κ1) is 14.3. The van der Waals surface area contributed by atoms with E-state index in [0.717, 1.165) is 30.1 Å². The maximum atomic E-state index is 12.4. The van der Waals surface area contributed by atoms with E-state index in [9.17, 15) is 4.79 Å². The van der Waals surface area contributed by atoms with Crippen LogP contribution in [0.2, 0.25) is 0 Å². The molecule has 5 nitrogen and oxygen atoms in total. The van der Waals surface area contributed by atoms with Crippen LogP contribution >= 0.6 is 11.3 Å². The molecule has 21 heavy (non-hydrogen) atoms. The van der Waals surface area contributed by atoms with Crippen molar-refractivity contribution in [3.63, 3.8) is 0 Å². The highest BCUT2D eigenvalue weighted by Crippen LogP contribution is 2.28. The zero-order chi connectivity index (χ0) is 14.8. The number of aromatic nitrogens is 2. The summed E-state index contributed by atoms with van der Waals surface area (Å²) in [4.78, 5) is 19.6. The normalized spacial score (nSPS) is 19.2. The second kappa shape index (κ2) is 5.97. The van der Waals surface area contributed by atoms with Crippen molar-refractivity contribution in [2.45, 2.75) is 38.5 Å². The number of nitrogens with zero attached hydrogens (tertiary/aromatic N) is 3. The van der Waals surface area contributed by atoms with Crippen molar-refractivity contribution in [1.82, 2.24) is 15.0 Å². The highest BCUT2D eigenvalue weighted by atomic mass is 32.1. The first-order valence-electron chi connectivity index (χ1n) is 7.31. The third-order valence-electron chi connectivity index (χ3n) is 3.76. The fourth-order valence-electron chi connectivity index (χ4n) is 2.57. The van der Waals surface area contributed by atoms with Gasteiger partial charge < -0.3 is 9.42 Å². The van der Waals surface area contributed by atoms with E-state index < -0.39 is 0 Å². The van der Waals surface area contributed by atoms with E-state index in [-0.39, 0.29) is 17.7 Å². The van der Waals surface area contributed by atoms with Crippen molar-refractivity contribution < 1.29 is 9.32 Å². The number of rotatable bonds is 3. The zero-order valence-corrected chi connectivity index (χ0v) is 13.1. The Morgan fingerprint density at radius 2 is 2.38 bits per heavy atom. The van der Waals surface area contributed by atoms with E-state index in [1.165, 1.54) is 11.3 Å². The molecular formula is C15H19N3O2S. The molecule has 3 heterocycles. The van der Waals surface area contributed by atoms with Crippen molar-refractivity contribution in [3.8, 4) is 0 Å². The van der Waals surface area contributed by atoms with Gasteiger partial charge in [-0.3, -0.25) is 4.79 Å². The lowest BCUT2D eigenvalue weighted by Gasteiger charge is -2.30. The molecule has 0 aliphatic carbocycles. The predicted molar refractivity (Wildman–Crippen MR) is 80.6 cm³/mol. The molecule has 0 spiro atoms. The van der Waals surface area contributed by atoms with Crippen molar-refractivity contribution >= 4 is 17.2 Å². The van der Waals surface area contributed by atoms with Crippen LogP contribution in [0.1, 0.15) is 59.9 Å². The summed E-state index contributed by atoms with van der Waals surface area (Å²) in [5.41, 5.74) is 0. The molecule has 1 atom stereocenters. The van der Waals surface area contributed by atoms with E-state index in [1.807, 2.05) is 36.3 Å². The molecule has 1 aliphatic rings. The Balaban J connectivity index is 1.72. The van der Waals surface area contributed by atoms with Crippen LogP contribution in [0.4, 0.5) is 0 Å². The van der Waals surface area contributed by atoms with Crippen LogP contribution < -0.4 is 0 Å². The molecule has 0 unspecified atom stereocenters. The Labute approximate surface area is 128 Å². The molecule has 0 N–H and O–H groups in total. The van der Waals surface area contributed by atoms with E-state index in [4.69, 9.17) is 4.52 Å². The monoisotopic (exact) mass is 305 g/mol. The Bertz CT molecular complexity index is 606. The van der Waals surface area contributed by atoms with Crippen LogP contribution in [-0.4, -0.2) is 34.0 Å². The smallest absolute Gasteiger partial charge is 0.263 e. The Hall–Kier alpha value is -1.69. The number of likely N-dealkylation sites (tertiary alicyclic amines) is 1. The molecule has 2 aromatic rings. The van der Waals surface area contributed by atoms with Crippen molar-refractivity contribution in [2.24, 2.45) is 0 Å². The third kappa shape index (κ3) is 3.00. The molecule has 3 rings (SSSR count). The lowest BCUT2D eigenvalue weighted by molar-refractivity contribution is 0.0700. The molecule has 1 fully saturated rings. The Kier molecular flexibility index (Phi) is 4.05. The Morgan fingerprint density at radius 3 is 3.05 bits per heavy atom. The largest absolute Gasteiger partial charge is 0.339 e. The molecular weight excluding hydrogens is 286 g/mol. The van der Waals surface area contributed by atoms with Crippen LogP contribution in [0.5, 0.6) is 0 Å². The molecule has 112 valence electrons. The molecule has 0 bridgehead atoms. The summed E-state index contributed by atoms with van der Waals surface area (Å²) in [6.45, 7) is 5.55. The average Bonchev–Trinajstić information content (AvgIpc) is 3.18. The maximum absolute atomic E-state index is 12.4. The minimum absolute atomic E-state index is 0.110. The summed E-state index contributed by atoms with van der Waals surface area (Å²) in [5.74, 6) is 1.94. The predicted octanol–water partition coefficient (Wildman–Crippen LogP) is 3.27. The highest BCUT2D eigenvalue weighted by molar-refractivity contribution is 7.12. The third-order valence-corrected chi connectivity index (χ3v) is 4.62. The second-order valence-corrected chi connectivity index (χ2v) is 6.66. The van der Waals surface area contributed by atoms with Gasteiger partial charge in [-0.1, -0.05) is 25.1 Å². The van der Waals surface area contributed by atoms with Crippen LogP contribution in [-0.2, 0) is 0 Å². The first-order valence-corrected chi connectivity index (χ1v) is 8.19. The average molecular weight is 305 g/mol. The van der Waals surface area contributed by atoms with Gasteiger partial charge in [0.25, 0.3) is 5.91 Å². The van der Waals surface area contributed by atoms with Crippen LogP contribution in [0.3, 0.4) is 0 Å². The van der Waals surface area contributed by atoms with Crippen LogP contribution in [0.15, 0.2) is 22.0 Å². The van der Waals surface area contributed by atoms with Crippen molar-refractivity contribution in [3.05, 3.63) is 34.1 Å². The lowest BCUT2D eigenvalue weighted by atomic mass is 9.98. The molecule has 0 saturated carbocycles. The van der Waals surface area contributed by atoms with E-state index in [1.54, 1.807) is 0 Å². The summed E-state index contributed by atoms with van der Waals surface area (Å²) in [6, 6.07) is 3.78. The quantitative estimate of drug-likeness (QED) is 0.873. The fraction of sp³-hybridized carbons (Fsp3) is 0.533. The van der Waals surface area contributed by atoms with Gasteiger partial charge in [-0.25, -0.2) is 0 Å². The topological polar surface area (TPSA) is 59.2 Å². The number of hydrogen-bond donors (Lipinski definition) is 0. The number of thiophene rings is 1. The van der Waals surface area contributed by atoms with Crippen molar-refractivity contribution in [2.75, 3.05) is 13.1 Å². The molecule has 0 aromatic carbocycles.